The van der Waals surface area contributed by atoms with E-state index in [4.69, 9.17) is 0 Å². The molecular weight excluding hydrogens is 246 g/mol. The van der Waals surface area contributed by atoms with Gasteiger partial charge in [0.2, 0.25) is 11.8 Å². The van der Waals surface area contributed by atoms with Crippen LogP contribution in [0.25, 0.3) is 0 Å². The maximum atomic E-state index is 12.6. The fraction of sp³-hybridized carbons (Fsp3) is 0.692. The van der Waals surface area contributed by atoms with Crippen molar-refractivity contribution in [3.8, 4) is 6.07 Å². The van der Waals surface area contributed by atoms with Crippen LogP contribution in [0.5, 0.6) is 0 Å². The van der Waals surface area contributed by atoms with Crippen molar-refractivity contribution in [1.29, 1.82) is 5.26 Å². The average molecular weight is 263 g/mol. The molecule has 0 bridgehead atoms. The lowest BCUT2D eigenvalue weighted by Gasteiger charge is -2.47. The van der Waals surface area contributed by atoms with Crippen LogP contribution in [0.2, 0.25) is 0 Å². The molecule has 0 aromatic heterocycles. The van der Waals surface area contributed by atoms with Gasteiger partial charge < -0.3 is 4.90 Å². The zero-order chi connectivity index (χ0) is 14.4. The Morgan fingerprint density at radius 2 is 2.00 bits per heavy atom. The Hall–Kier alpha value is -1.90. The number of nitrogens with one attached hydrogen (secondary N) is 1. The van der Waals surface area contributed by atoms with Gasteiger partial charge in [-0.1, -0.05) is 6.92 Å². The first kappa shape index (κ1) is 13.5. The Bertz CT molecular complexity index is 498. The highest BCUT2D eigenvalue weighted by Crippen LogP contribution is 2.47. The summed E-state index contributed by atoms with van der Waals surface area (Å²) in [5.74, 6) is -1.09. The van der Waals surface area contributed by atoms with Crippen LogP contribution in [0, 0.1) is 22.7 Å². The molecule has 3 amide bonds. The summed E-state index contributed by atoms with van der Waals surface area (Å²) in [4.78, 5) is 37.1. The SMILES string of the molecule is CC1CC(C#N)(C(=O)N2CC(=O)NC(=O)C2(C)C)C1. The topological polar surface area (TPSA) is 90.3 Å². The van der Waals surface area contributed by atoms with Crippen molar-refractivity contribution < 1.29 is 14.4 Å². The number of piperazine rings is 1. The lowest BCUT2D eigenvalue weighted by atomic mass is 9.62. The van der Waals surface area contributed by atoms with Gasteiger partial charge in [0, 0.05) is 0 Å². The minimum Gasteiger partial charge on any atom is -0.318 e. The molecule has 0 aromatic rings. The van der Waals surface area contributed by atoms with Crippen molar-refractivity contribution in [2.45, 2.75) is 39.2 Å². The highest BCUT2D eigenvalue weighted by Gasteiger charge is 2.55. The monoisotopic (exact) mass is 263 g/mol. The molecule has 2 rings (SSSR count). The van der Waals surface area contributed by atoms with Gasteiger partial charge in [-0.3, -0.25) is 19.7 Å². The molecule has 1 N–H and O–H groups in total. The number of nitrogens with zero attached hydrogens (tertiary/aromatic N) is 2. The second-order valence-corrected chi connectivity index (χ2v) is 6.03. The molecule has 0 radical (unpaired) electrons. The summed E-state index contributed by atoms with van der Waals surface area (Å²) < 4.78 is 0. The Kier molecular flexibility index (Phi) is 2.89. The molecule has 0 aromatic carbocycles. The summed E-state index contributed by atoms with van der Waals surface area (Å²) in [5, 5.41) is 11.5. The lowest BCUT2D eigenvalue weighted by Crippen LogP contribution is -2.68. The molecule has 1 saturated carbocycles. The van der Waals surface area contributed by atoms with E-state index in [0.717, 1.165) is 0 Å². The molecule has 1 aliphatic carbocycles. The van der Waals surface area contributed by atoms with Crippen LogP contribution >= 0.6 is 0 Å². The first-order valence-electron chi connectivity index (χ1n) is 6.30. The van der Waals surface area contributed by atoms with Crippen LogP contribution in [-0.4, -0.2) is 34.7 Å². The third kappa shape index (κ3) is 1.89. The number of carbonyl (C=O) groups is 3. The largest absolute Gasteiger partial charge is 0.318 e. The minimum absolute atomic E-state index is 0.171. The number of imide groups is 1. The van der Waals surface area contributed by atoms with Gasteiger partial charge in [0.15, 0.2) is 0 Å². The van der Waals surface area contributed by atoms with Crippen LogP contribution < -0.4 is 5.32 Å². The summed E-state index contributed by atoms with van der Waals surface area (Å²) in [7, 11) is 0. The predicted octanol–water partition coefficient (Wildman–Crippen LogP) is 0.190. The summed E-state index contributed by atoms with van der Waals surface area (Å²) in [6, 6.07) is 2.08. The molecule has 19 heavy (non-hydrogen) atoms. The maximum absolute atomic E-state index is 12.6. The van der Waals surface area contributed by atoms with Gasteiger partial charge in [0.1, 0.15) is 17.5 Å². The van der Waals surface area contributed by atoms with E-state index in [9.17, 15) is 19.6 Å². The zero-order valence-electron chi connectivity index (χ0n) is 11.3. The Labute approximate surface area is 111 Å². The van der Waals surface area contributed by atoms with Crippen molar-refractivity contribution in [2.24, 2.45) is 11.3 Å². The van der Waals surface area contributed by atoms with E-state index in [1.807, 2.05) is 6.92 Å². The van der Waals surface area contributed by atoms with Gasteiger partial charge in [-0.05, 0) is 32.6 Å². The Balaban J connectivity index is 2.30. The summed E-state index contributed by atoms with van der Waals surface area (Å²) in [6.07, 6.45) is 0.982. The van der Waals surface area contributed by atoms with Crippen molar-refractivity contribution in [1.82, 2.24) is 10.2 Å². The van der Waals surface area contributed by atoms with E-state index < -0.39 is 28.7 Å². The summed E-state index contributed by atoms with van der Waals surface area (Å²) in [6.45, 7) is 4.97. The van der Waals surface area contributed by atoms with Crippen LogP contribution in [0.15, 0.2) is 0 Å². The number of hydrogen-bond donors (Lipinski definition) is 1. The quantitative estimate of drug-likeness (QED) is 0.684. The normalized spacial score (nSPS) is 33.2. The molecule has 1 aliphatic heterocycles. The van der Waals surface area contributed by atoms with E-state index in [1.54, 1.807) is 13.8 Å². The molecule has 6 nitrogen and oxygen atoms in total. The van der Waals surface area contributed by atoms with Gasteiger partial charge in [-0.2, -0.15) is 5.26 Å². The van der Waals surface area contributed by atoms with Crippen molar-refractivity contribution in [3.63, 3.8) is 0 Å². The van der Waals surface area contributed by atoms with Crippen molar-refractivity contribution in [3.05, 3.63) is 0 Å². The number of hydrogen-bond acceptors (Lipinski definition) is 4. The van der Waals surface area contributed by atoms with E-state index in [1.165, 1.54) is 4.90 Å². The fourth-order valence-electron chi connectivity index (χ4n) is 2.81. The van der Waals surface area contributed by atoms with Gasteiger partial charge in [0.25, 0.3) is 5.91 Å². The first-order chi connectivity index (χ1) is 8.73. The average Bonchev–Trinajstić information content (AvgIpc) is 2.29. The van der Waals surface area contributed by atoms with Crippen molar-refractivity contribution >= 4 is 17.7 Å². The van der Waals surface area contributed by atoms with E-state index in [0.29, 0.717) is 18.8 Å². The molecule has 0 atom stereocenters. The second-order valence-electron chi connectivity index (χ2n) is 6.03. The van der Waals surface area contributed by atoms with E-state index >= 15 is 0 Å². The smallest absolute Gasteiger partial charge is 0.252 e. The second kappa shape index (κ2) is 4.05. The van der Waals surface area contributed by atoms with Gasteiger partial charge in [-0.25, -0.2) is 0 Å². The predicted molar refractivity (Wildman–Crippen MR) is 65.4 cm³/mol. The highest BCUT2D eigenvalue weighted by molar-refractivity contribution is 6.07. The van der Waals surface area contributed by atoms with E-state index in [-0.39, 0.29) is 6.54 Å². The number of carbonyl (C=O) groups excluding carboxylic acids is 3. The molecule has 0 unspecified atom stereocenters. The standard InChI is InChI=1S/C13H17N3O3/c1-8-4-13(5-8,7-14)11(19)16-6-9(17)15-10(18)12(16,2)3/h8H,4-6H2,1-3H3,(H,15,17,18). The van der Waals surface area contributed by atoms with E-state index in [2.05, 4.69) is 11.4 Å². The number of rotatable bonds is 1. The van der Waals surface area contributed by atoms with Crippen LogP contribution in [0.3, 0.4) is 0 Å². The molecule has 1 saturated heterocycles. The summed E-state index contributed by atoms with van der Waals surface area (Å²) >= 11 is 0. The van der Waals surface area contributed by atoms with Crippen LogP contribution in [0.4, 0.5) is 0 Å². The number of amides is 3. The Morgan fingerprint density at radius 3 is 2.47 bits per heavy atom. The molecule has 0 spiro atoms. The van der Waals surface area contributed by atoms with Gasteiger partial charge in [0.05, 0.1) is 6.07 Å². The highest BCUT2D eigenvalue weighted by atomic mass is 16.2. The van der Waals surface area contributed by atoms with Crippen LogP contribution in [-0.2, 0) is 14.4 Å². The molecule has 2 fully saturated rings. The van der Waals surface area contributed by atoms with Gasteiger partial charge >= 0.3 is 0 Å². The summed E-state index contributed by atoms with van der Waals surface area (Å²) in [5.41, 5.74) is -2.16. The first-order valence-corrected chi connectivity index (χ1v) is 6.30. The molecule has 102 valence electrons. The third-order valence-corrected chi connectivity index (χ3v) is 4.05. The maximum Gasteiger partial charge on any atom is 0.252 e. The van der Waals surface area contributed by atoms with Gasteiger partial charge in [-0.15, -0.1) is 0 Å². The molecule has 2 aliphatic rings. The zero-order valence-corrected chi connectivity index (χ0v) is 11.3. The molecule has 6 heteroatoms. The fourth-order valence-corrected chi connectivity index (χ4v) is 2.81. The van der Waals surface area contributed by atoms with Crippen molar-refractivity contribution in [2.75, 3.05) is 6.54 Å². The minimum atomic E-state index is -1.10. The molecule has 1 heterocycles. The molecular formula is C13H17N3O3. The number of nitriles is 1. The van der Waals surface area contributed by atoms with Crippen LogP contribution in [0.1, 0.15) is 33.6 Å². The third-order valence-electron chi connectivity index (χ3n) is 4.05. The Morgan fingerprint density at radius 1 is 1.42 bits per heavy atom. The lowest BCUT2D eigenvalue weighted by molar-refractivity contribution is -0.163.